The average Bonchev–Trinajstić information content (AvgIpc) is 3.20. The Labute approximate surface area is 163 Å². The van der Waals surface area contributed by atoms with E-state index in [1.54, 1.807) is 18.5 Å². The summed E-state index contributed by atoms with van der Waals surface area (Å²) in [5, 5.41) is 0. The number of nitrogens with one attached hydrogen (secondary N) is 1. The first kappa shape index (κ1) is 18.3. The van der Waals surface area contributed by atoms with Crippen molar-refractivity contribution in [3.63, 3.8) is 0 Å². The van der Waals surface area contributed by atoms with Crippen molar-refractivity contribution < 1.29 is 9.18 Å². The number of halogens is 1. The molecule has 144 valence electrons. The molecule has 4 rings (SSSR count). The van der Waals surface area contributed by atoms with Gasteiger partial charge in [-0.3, -0.25) is 9.78 Å². The van der Waals surface area contributed by atoms with E-state index < -0.39 is 0 Å². The number of pyridine rings is 1. The molecule has 1 amide bonds. The van der Waals surface area contributed by atoms with Gasteiger partial charge in [0.25, 0.3) is 0 Å². The van der Waals surface area contributed by atoms with Crippen LogP contribution in [0.25, 0.3) is 11.3 Å². The van der Waals surface area contributed by atoms with Gasteiger partial charge in [-0.1, -0.05) is 18.2 Å². The van der Waals surface area contributed by atoms with E-state index in [1.165, 1.54) is 12.1 Å². The van der Waals surface area contributed by atoms with Gasteiger partial charge in [0.1, 0.15) is 11.6 Å². The lowest BCUT2D eigenvalue weighted by atomic mass is 10.0. The maximum atomic E-state index is 13.5. The van der Waals surface area contributed by atoms with Crippen LogP contribution in [0.4, 0.5) is 4.39 Å². The Kier molecular flexibility index (Phi) is 5.19. The fourth-order valence-corrected chi connectivity index (χ4v) is 3.70. The molecule has 0 spiro atoms. The number of carbonyl (C=O) groups is 1. The Hall–Kier alpha value is -3.02. The van der Waals surface area contributed by atoms with Crippen molar-refractivity contribution in [3.8, 4) is 11.3 Å². The summed E-state index contributed by atoms with van der Waals surface area (Å²) >= 11 is 0. The summed E-state index contributed by atoms with van der Waals surface area (Å²) in [6.07, 6.45) is 6.73. The zero-order chi connectivity index (χ0) is 19.5. The summed E-state index contributed by atoms with van der Waals surface area (Å²) < 4.78 is 13.5. The molecule has 6 heteroatoms. The predicted octanol–water partition coefficient (Wildman–Crippen LogP) is 4.22. The summed E-state index contributed by atoms with van der Waals surface area (Å²) in [6.45, 7) is 2.65. The van der Waals surface area contributed by atoms with Crippen LogP contribution in [0.5, 0.6) is 0 Å². The zero-order valence-electron chi connectivity index (χ0n) is 15.9. The van der Waals surface area contributed by atoms with E-state index in [0.717, 1.165) is 54.1 Å². The Morgan fingerprint density at radius 1 is 1.21 bits per heavy atom. The molecule has 1 fully saturated rings. The number of benzene rings is 1. The summed E-state index contributed by atoms with van der Waals surface area (Å²) in [7, 11) is 0. The number of nitrogens with zero attached hydrogens (tertiary/aromatic N) is 3. The summed E-state index contributed by atoms with van der Waals surface area (Å²) in [5.41, 5.74) is 3.36. The van der Waals surface area contributed by atoms with Gasteiger partial charge in [0.2, 0.25) is 5.91 Å². The maximum Gasteiger partial charge on any atom is 0.227 e. The minimum absolute atomic E-state index is 0.0815. The van der Waals surface area contributed by atoms with Crippen molar-refractivity contribution in [1.82, 2.24) is 19.9 Å². The standard InChI is InChI=1S/C22H23FN4O/c1-15-8-9-16(13-24-15)11-21(28)27-10-3-2-7-20(27)22-25-14-19(26-22)17-5-4-6-18(23)12-17/h4-6,8-9,12-14,20H,2-3,7,10-11H2,1H3,(H,25,26)/t20-/m1/s1. The Morgan fingerprint density at radius 3 is 2.89 bits per heavy atom. The molecule has 1 atom stereocenters. The van der Waals surface area contributed by atoms with Crippen LogP contribution < -0.4 is 0 Å². The van der Waals surface area contributed by atoms with Crippen molar-refractivity contribution in [2.24, 2.45) is 0 Å². The molecule has 0 saturated carbocycles. The van der Waals surface area contributed by atoms with Crippen LogP contribution in [0.15, 0.2) is 48.8 Å². The highest BCUT2D eigenvalue weighted by Crippen LogP contribution is 2.31. The van der Waals surface area contributed by atoms with Crippen LogP contribution in [-0.4, -0.2) is 32.3 Å². The van der Waals surface area contributed by atoms with E-state index in [2.05, 4.69) is 15.0 Å². The number of amides is 1. The van der Waals surface area contributed by atoms with Crippen molar-refractivity contribution in [2.45, 2.75) is 38.6 Å². The third-order valence-electron chi connectivity index (χ3n) is 5.20. The first-order chi connectivity index (χ1) is 13.6. The van der Waals surface area contributed by atoms with Gasteiger partial charge in [0.05, 0.1) is 24.4 Å². The average molecular weight is 378 g/mol. The van der Waals surface area contributed by atoms with Crippen LogP contribution in [0.3, 0.4) is 0 Å². The van der Waals surface area contributed by atoms with Crippen LogP contribution >= 0.6 is 0 Å². The van der Waals surface area contributed by atoms with Gasteiger partial charge in [-0.25, -0.2) is 9.37 Å². The third-order valence-corrected chi connectivity index (χ3v) is 5.20. The van der Waals surface area contributed by atoms with Crippen LogP contribution in [0, 0.1) is 12.7 Å². The van der Waals surface area contributed by atoms with E-state index in [0.29, 0.717) is 6.42 Å². The van der Waals surface area contributed by atoms with Gasteiger partial charge < -0.3 is 9.88 Å². The van der Waals surface area contributed by atoms with Gasteiger partial charge in [-0.05, 0) is 49.9 Å². The number of imidazole rings is 1. The molecule has 0 radical (unpaired) electrons. The fourth-order valence-electron chi connectivity index (χ4n) is 3.70. The molecule has 1 saturated heterocycles. The second kappa shape index (κ2) is 7.92. The lowest BCUT2D eigenvalue weighted by Crippen LogP contribution is -2.39. The van der Waals surface area contributed by atoms with Crippen molar-refractivity contribution in [2.75, 3.05) is 6.54 Å². The van der Waals surface area contributed by atoms with Crippen molar-refractivity contribution in [1.29, 1.82) is 0 Å². The van der Waals surface area contributed by atoms with Gasteiger partial charge in [0, 0.05) is 24.0 Å². The predicted molar refractivity (Wildman–Crippen MR) is 105 cm³/mol. The second-order valence-electron chi connectivity index (χ2n) is 7.28. The molecular formula is C22H23FN4O. The third kappa shape index (κ3) is 3.96. The number of rotatable bonds is 4. The molecule has 1 aromatic carbocycles. The SMILES string of the molecule is Cc1ccc(CC(=O)N2CCCC[C@@H]2c2ncc(-c3cccc(F)c3)[nH]2)cn1. The number of piperidine rings is 1. The van der Waals surface area contributed by atoms with E-state index in [9.17, 15) is 9.18 Å². The molecular weight excluding hydrogens is 355 g/mol. The minimum atomic E-state index is -0.283. The number of hydrogen-bond donors (Lipinski definition) is 1. The van der Waals surface area contributed by atoms with Gasteiger partial charge >= 0.3 is 0 Å². The Balaban J connectivity index is 1.54. The first-order valence-electron chi connectivity index (χ1n) is 9.62. The summed E-state index contributed by atoms with van der Waals surface area (Å²) in [6, 6.07) is 10.2. The smallest absolute Gasteiger partial charge is 0.227 e. The van der Waals surface area contributed by atoms with Gasteiger partial charge in [0.15, 0.2) is 0 Å². The van der Waals surface area contributed by atoms with Crippen molar-refractivity contribution in [3.05, 3.63) is 71.7 Å². The molecule has 3 heterocycles. The lowest BCUT2D eigenvalue weighted by Gasteiger charge is -2.34. The summed E-state index contributed by atoms with van der Waals surface area (Å²) in [5.74, 6) is 0.559. The van der Waals surface area contributed by atoms with Gasteiger partial charge in [-0.2, -0.15) is 0 Å². The molecule has 1 aliphatic heterocycles. The minimum Gasteiger partial charge on any atom is -0.340 e. The molecule has 0 unspecified atom stereocenters. The van der Waals surface area contributed by atoms with Crippen LogP contribution in [-0.2, 0) is 11.2 Å². The fraction of sp³-hybridized carbons (Fsp3) is 0.318. The van der Waals surface area contributed by atoms with Crippen LogP contribution in [0.1, 0.15) is 42.4 Å². The normalized spacial score (nSPS) is 16.9. The molecule has 1 aliphatic rings. The highest BCUT2D eigenvalue weighted by atomic mass is 19.1. The molecule has 3 aromatic rings. The molecule has 0 bridgehead atoms. The topological polar surface area (TPSA) is 61.9 Å². The van der Waals surface area contributed by atoms with E-state index >= 15 is 0 Å². The molecule has 2 aromatic heterocycles. The van der Waals surface area contributed by atoms with Crippen LogP contribution in [0.2, 0.25) is 0 Å². The maximum absolute atomic E-state index is 13.5. The number of aryl methyl sites for hydroxylation is 1. The largest absolute Gasteiger partial charge is 0.340 e. The van der Waals surface area contributed by atoms with Gasteiger partial charge in [-0.15, -0.1) is 0 Å². The molecule has 1 N–H and O–H groups in total. The van der Waals surface area contributed by atoms with Crippen molar-refractivity contribution >= 4 is 5.91 Å². The number of H-pyrrole nitrogens is 1. The highest BCUT2D eigenvalue weighted by Gasteiger charge is 2.30. The quantitative estimate of drug-likeness (QED) is 0.740. The first-order valence-corrected chi connectivity index (χ1v) is 9.62. The number of hydrogen-bond acceptors (Lipinski definition) is 3. The Morgan fingerprint density at radius 2 is 2.11 bits per heavy atom. The number of aromatic amines is 1. The number of carbonyl (C=O) groups excluding carboxylic acids is 1. The molecule has 28 heavy (non-hydrogen) atoms. The highest BCUT2D eigenvalue weighted by molar-refractivity contribution is 5.79. The van der Waals surface area contributed by atoms with E-state index in [4.69, 9.17) is 0 Å². The lowest BCUT2D eigenvalue weighted by molar-refractivity contribution is -0.134. The number of aromatic nitrogens is 3. The van der Waals surface area contributed by atoms with E-state index in [1.807, 2.05) is 30.0 Å². The monoisotopic (exact) mass is 378 g/mol. The number of likely N-dealkylation sites (tertiary alicyclic amines) is 1. The molecule has 0 aliphatic carbocycles. The Bertz CT molecular complexity index is 967. The second-order valence-corrected chi connectivity index (χ2v) is 7.28. The van der Waals surface area contributed by atoms with E-state index in [-0.39, 0.29) is 17.8 Å². The molecule has 5 nitrogen and oxygen atoms in total. The zero-order valence-corrected chi connectivity index (χ0v) is 15.9. The summed E-state index contributed by atoms with van der Waals surface area (Å²) in [4.78, 5) is 27.0.